The molecule has 0 radical (unpaired) electrons. The number of thioether (sulfide) groups is 1. The summed E-state index contributed by atoms with van der Waals surface area (Å²) in [4.78, 5) is 30.1. The summed E-state index contributed by atoms with van der Waals surface area (Å²) in [5.41, 5.74) is 0.725. The molecular formula is C22H29N7O3S. The molecule has 3 fully saturated rings. The second-order valence-corrected chi connectivity index (χ2v) is 9.78. The minimum atomic E-state index is -0.350. The van der Waals surface area contributed by atoms with Gasteiger partial charge in [-0.3, -0.25) is 19.5 Å². The molecule has 0 bridgehead atoms. The molecule has 0 unspecified atom stereocenters. The number of hydrogen-bond donors (Lipinski definition) is 0. The van der Waals surface area contributed by atoms with Gasteiger partial charge in [0.2, 0.25) is 11.9 Å². The summed E-state index contributed by atoms with van der Waals surface area (Å²) in [7, 11) is 0. The number of benzene rings is 1. The Labute approximate surface area is 197 Å². The maximum absolute atomic E-state index is 12.9. The molecule has 1 aromatic carbocycles. The molecule has 3 aliphatic rings. The predicted octanol–water partition coefficient (Wildman–Crippen LogP) is 2.95. The Balaban J connectivity index is 1.18. The third-order valence-corrected chi connectivity index (χ3v) is 7.50. The Kier molecular flexibility index (Phi) is 6.39. The van der Waals surface area contributed by atoms with Crippen LogP contribution in [0.5, 0.6) is 0 Å². The van der Waals surface area contributed by atoms with Crippen LogP contribution in [0.2, 0.25) is 0 Å². The van der Waals surface area contributed by atoms with Gasteiger partial charge >= 0.3 is 0 Å². The molecule has 0 atom stereocenters. The molecule has 2 aromatic rings. The zero-order chi connectivity index (χ0) is 22.8. The van der Waals surface area contributed by atoms with E-state index < -0.39 is 0 Å². The average molecular weight is 472 g/mol. The summed E-state index contributed by atoms with van der Waals surface area (Å²) in [6.07, 6.45) is 5.95. The number of hydrogen-bond acceptors (Lipinski definition) is 8. The molecule has 2 saturated heterocycles. The summed E-state index contributed by atoms with van der Waals surface area (Å²) in [5, 5.41) is 21.1. The van der Waals surface area contributed by atoms with E-state index in [1.165, 1.54) is 37.1 Å². The summed E-state index contributed by atoms with van der Waals surface area (Å²) in [6, 6.07) is 7.24. The summed E-state index contributed by atoms with van der Waals surface area (Å²) < 4.78 is 2.25. The molecule has 33 heavy (non-hydrogen) atoms. The monoisotopic (exact) mass is 471 g/mol. The lowest BCUT2D eigenvalue weighted by atomic mass is 10.1. The normalized spacial score (nSPS) is 19.1. The quantitative estimate of drug-likeness (QED) is 0.345. The van der Waals surface area contributed by atoms with Crippen LogP contribution in [0.1, 0.15) is 38.1 Å². The number of nitro groups is 1. The molecule has 10 nitrogen and oxygen atoms in total. The van der Waals surface area contributed by atoms with Gasteiger partial charge in [0.1, 0.15) is 5.69 Å². The van der Waals surface area contributed by atoms with Crippen LogP contribution in [0.25, 0.3) is 0 Å². The molecule has 0 N–H and O–H groups in total. The van der Waals surface area contributed by atoms with E-state index in [0.29, 0.717) is 43.7 Å². The number of piperidine rings is 1. The van der Waals surface area contributed by atoms with Gasteiger partial charge in [-0.25, -0.2) is 0 Å². The minimum Gasteiger partial charge on any atom is -0.362 e. The third-order valence-electron chi connectivity index (χ3n) is 6.57. The fraction of sp³-hybridized carbons (Fsp3) is 0.591. The highest BCUT2D eigenvalue weighted by Gasteiger charge is 2.33. The smallest absolute Gasteiger partial charge is 0.292 e. The largest absolute Gasteiger partial charge is 0.362 e. The van der Waals surface area contributed by atoms with Gasteiger partial charge in [-0.1, -0.05) is 23.9 Å². The number of carbonyl (C=O) groups excluding carboxylic acids is 1. The van der Waals surface area contributed by atoms with Gasteiger partial charge in [-0.05, 0) is 38.2 Å². The van der Waals surface area contributed by atoms with E-state index >= 15 is 0 Å². The number of nitro benzene ring substituents is 1. The molecule has 176 valence electrons. The van der Waals surface area contributed by atoms with Gasteiger partial charge in [-0.2, -0.15) is 0 Å². The van der Waals surface area contributed by atoms with E-state index in [9.17, 15) is 14.9 Å². The van der Waals surface area contributed by atoms with Crippen molar-refractivity contribution < 1.29 is 9.72 Å². The maximum atomic E-state index is 12.9. The number of carbonyl (C=O) groups is 1. The Hall–Kier alpha value is -2.82. The van der Waals surface area contributed by atoms with Crippen LogP contribution < -0.4 is 9.80 Å². The maximum Gasteiger partial charge on any atom is 0.292 e. The number of anilines is 2. The topological polar surface area (TPSA) is 101 Å². The van der Waals surface area contributed by atoms with Gasteiger partial charge < -0.3 is 14.7 Å². The van der Waals surface area contributed by atoms with Crippen LogP contribution in [0.3, 0.4) is 0 Å². The zero-order valence-electron chi connectivity index (χ0n) is 18.6. The molecule has 1 amide bonds. The van der Waals surface area contributed by atoms with Crippen molar-refractivity contribution in [3.63, 3.8) is 0 Å². The number of rotatable bonds is 7. The highest BCUT2D eigenvalue weighted by molar-refractivity contribution is 7.99. The first-order valence-electron chi connectivity index (χ1n) is 11.7. The van der Waals surface area contributed by atoms with Crippen molar-refractivity contribution >= 4 is 35.0 Å². The number of para-hydroxylation sites is 2. The second-order valence-electron chi connectivity index (χ2n) is 8.83. The molecule has 3 heterocycles. The second kappa shape index (κ2) is 9.58. The highest BCUT2D eigenvalue weighted by atomic mass is 32.2. The molecule has 0 spiro atoms. The van der Waals surface area contributed by atoms with Gasteiger partial charge in [0.05, 0.1) is 10.7 Å². The molecule has 11 heteroatoms. The van der Waals surface area contributed by atoms with Crippen LogP contribution >= 0.6 is 11.8 Å². The van der Waals surface area contributed by atoms with Gasteiger partial charge in [-0.15, -0.1) is 10.2 Å². The average Bonchev–Trinajstić information content (AvgIpc) is 3.61. The first-order valence-corrected chi connectivity index (χ1v) is 12.7. The Bertz CT molecular complexity index is 1010. The van der Waals surface area contributed by atoms with Crippen LogP contribution in [0.4, 0.5) is 17.3 Å². The predicted molar refractivity (Wildman–Crippen MR) is 127 cm³/mol. The molecule has 1 aliphatic carbocycles. The summed E-state index contributed by atoms with van der Waals surface area (Å²) >= 11 is 1.47. The Morgan fingerprint density at radius 3 is 2.42 bits per heavy atom. The third kappa shape index (κ3) is 4.78. The molecule has 1 aromatic heterocycles. The number of nitrogens with zero attached hydrogens (tertiary/aromatic N) is 7. The standard InChI is InChI=1S/C22H29N7O3S/c30-20(26-14-12-25(13-15-26)18-6-2-3-7-19(18)29(31)32)16-33-22-24-23-21(28(22)17-8-9-17)27-10-4-1-5-11-27/h2-3,6-7,17H,1,4-5,8-16H2. The zero-order valence-corrected chi connectivity index (χ0v) is 19.5. The van der Waals surface area contributed by atoms with Crippen LogP contribution in [0, 0.1) is 10.1 Å². The first kappa shape index (κ1) is 22.0. The fourth-order valence-corrected chi connectivity index (χ4v) is 5.53. The van der Waals surface area contributed by atoms with Crippen LogP contribution in [-0.2, 0) is 4.79 Å². The van der Waals surface area contributed by atoms with E-state index in [1.54, 1.807) is 12.1 Å². The molecule has 1 saturated carbocycles. The highest BCUT2D eigenvalue weighted by Crippen LogP contribution is 2.41. The van der Waals surface area contributed by atoms with Crippen molar-refractivity contribution in [1.82, 2.24) is 19.7 Å². The van der Waals surface area contributed by atoms with Crippen molar-refractivity contribution in [2.45, 2.75) is 43.3 Å². The summed E-state index contributed by atoms with van der Waals surface area (Å²) in [5.74, 6) is 1.37. The molecule has 5 rings (SSSR count). The van der Waals surface area contributed by atoms with E-state index in [2.05, 4.69) is 19.7 Å². The van der Waals surface area contributed by atoms with Gasteiger partial charge in [0.25, 0.3) is 5.69 Å². The fourth-order valence-electron chi connectivity index (χ4n) is 4.63. The Morgan fingerprint density at radius 2 is 1.73 bits per heavy atom. The van der Waals surface area contributed by atoms with Crippen molar-refractivity contribution in [3.05, 3.63) is 34.4 Å². The number of aromatic nitrogens is 3. The Morgan fingerprint density at radius 1 is 1.00 bits per heavy atom. The number of piperazine rings is 1. The van der Waals surface area contributed by atoms with E-state index in [0.717, 1.165) is 37.0 Å². The lowest BCUT2D eigenvalue weighted by molar-refractivity contribution is -0.384. The number of amides is 1. The van der Waals surface area contributed by atoms with Crippen molar-refractivity contribution in [1.29, 1.82) is 0 Å². The lowest BCUT2D eigenvalue weighted by Gasteiger charge is -2.35. The minimum absolute atomic E-state index is 0.0760. The SMILES string of the molecule is O=C(CSc1nnc(N2CCCCC2)n1C1CC1)N1CCN(c2ccccc2[N+](=O)[O-])CC1. The van der Waals surface area contributed by atoms with Crippen LogP contribution in [-0.4, -0.2) is 75.5 Å². The summed E-state index contributed by atoms with van der Waals surface area (Å²) in [6.45, 7) is 4.33. The molecule has 2 aliphatic heterocycles. The van der Waals surface area contributed by atoms with Crippen molar-refractivity contribution in [2.24, 2.45) is 0 Å². The lowest BCUT2D eigenvalue weighted by Crippen LogP contribution is -2.49. The van der Waals surface area contributed by atoms with Crippen molar-refractivity contribution in [2.75, 3.05) is 54.8 Å². The van der Waals surface area contributed by atoms with Crippen LogP contribution in [0.15, 0.2) is 29.4 Å². The molecular weight excluding hydrogens is 442 g/mol. The van der Waals surface area contributed by atoms with E-state index in [-0.39, 0.29) is 16.5 Å². The van der Waals surface area contributed by atoms with Gasteiger partial charge in [0.15, 0.2) is 5.16 Å². The first-order chi connectivity index (χ1) is 16.1. The van der Waals surface area contributed by atoms with E-state index in [1.807, 2.05) is 15.9 Å². The van der Waals surface area contributed by atoms with Gasteiger partial charge in [0, 0.05) is 51.4 Å². The van der Waals surface area contributed by atoms with E-state index in [4.69, 9.17) is 0 Å². The van der Waals surface area contributed by atoms with Crippen molar-refractivity contribution in [3.8, 4) is 0 Å².